The van der Waals surface area contributed by atoms with Crippen LogP contribution in [-0.2, 0) is 27.9 Å². The van der Waals surface area contributed by atoms with Crippen molar-refractivity contribution in [1.82, 2.24) is 5.32 Å². The number of ether oxygens (including phenoxy) is 1. The van der Waals surface area contributed by atoms with E-state index in [0.717, 1.165) is 96.3 Å². The third-order valence-electron chi connectivity index (χ3n) is 15.8. The van der Waals surface area contributed by atoms with Crippen LogP contribution in [0.2, 0.25) is 0 Å². The molecule has 1 amide bonds. The SMILES string of the molecule is CCCCC/C=C\C/C=C\C/C=C\CCCCCCCCCCCCCCCCC(=O)NC(COP(=O)(O)OCC[N+](C)(C)C)C(/C=C\CCCCCCCCCCC)OC(=O)CCCCCCCCCC/C=C\C/C=C\C/C=C\CCCCC. The Bertz CT molecular complexity index is 1730. The Kier molecular flexibility index (Phi) is 62.1. The van der Waals surface area contributed by atoms with Gasteiger partial charge in [-0.15, -0.1) is 0 Å². The molecule has 0 aromatic carbocycles. The van der Waals surface area contributed by atoms with Crippen molar-refractivity contribution in [3.8, 4) is 0 Å². The summed E-state index contributed by atoms with van der Waals surface area (Å²) in [5.41, 5.74) is 0. The van der Waals surface area contributed by atoms with Crippen molar-refractivity contribution in [2.75, 3.05) is 40.9 Å². The van der Waals surface area contributed by atoms with Gasteiger partial charge in [0.1, 0.15) is 19.3 Å². The van der Waals surface area contributed by atoms with E-state index in [1.54, 1.807) is 0 Å². The summed E-state index contributed by atoms with van der Waals surface area (Å²) >= 11 is 0. The number of nitrogens with zero attached hydrogens (tertiary/aromatic N) is 1. The summed E-state index contributed by atoms with van der Waals surface area (Å²) in [5.74, 6) is -0.508. The number of phosphoric ester groups is 1. The quantitative estimate of drug-likeness (QED) is 0.0205. The van der Waals surface area contributed by atoms with E-state index in [4.69, 9.17) is 13.8 Å². The molecule has 0 aromatic rings. The fraction of sp³-hybridized carbons (Fsp3) is 0.787. The molecule has 0 saturated heterocycles. The zero-order valence-corrected chi connectivity index (χ0v) is 57.5. The molecular weight excluding hydrogens is 1070 g/mol. The lowest BCUT2D eigenvalue weighted by Crippen LogP contribution is -2.47. The molecule has 2 N–H and O–H groups in total. The van der Waals surface area contributed by atoms with Gasteiger partial charge in [0.25, 0.3) is 0 Å². The van der Waals surface area contributed by atoms with Gasteiger partial charge < -0.3 is 19.4 Å². The molecule has 0 spiro atoms. The summed E-state index contributed by atoms with van der Waals surface area (Å²) in [6.07, 6.45) is 85.9. The first-order valence-corrected chi connectivity index (χ1v) is 37.4. The van der Waals surface area contributed by atoms with Crippen LogP contribution in [0.1, 0.15) is 329 Å². The minimum absolute atomic E-state index is 0.0367. The van der Waals surface area contributed by atoms with E-state index >= 15 is 0 Å². The molecule has 494 valence electrons. The Hall–Kier alpha value is -2.81. The number of hydrogen-bond donors (Lipinski definition) is 2. The maximum absolute atomic E-state index is 13.6. The zero-order valence-electron chi connectivity index (χ0n) is 56.6. The molecule has 0 heterocycles. The second-order valence-electron chi connectivity index (χ2n) is 25.4. The summed E-state index contributed by atoms with van der Waals surface area (Å²) < 4.78 is 30.8. The molecule has 3 unspecified atom stereocenters. The first-order valence-electron chi connectivity index (χ1n) is 35.9. The highest BCUT2D eigenvalue weighted by molar-refractivity contribution is 7.47. The number of carbonyl (C=O) groups excluding carboxylic acids is 2. The van der Waals surface area contributed by atoms with Gasteiger partial charge in [-0.3, -0.25) is 18.6 Å². The molecule has 0 rings (SSSR count). The smallest absolute Gasteiger partial charge is 0.456 e. The molecule has 0 bridgehead atoms. The van der Waals surface area contributed by atoms with Gasteiger partial charge in [0.05, 0.1) is 33.8 Å². The van der Waals surface area contributed by atoms with Gasteiger partial charge in [0.2, 0.25) is 5.91 Å². The molecule has 0 aliphatic carbocycles. The number of carbonyl (C=O) groups is 2. The van der Waals surface area contributed by atoms with Gasteiger partial charge in [-0.05, 0) is 109 Å². The average molecular weight is 1210 g/mol. The Morgan fingerprint density at radius 1 is 0.412 bits per heavy atom. The second-order valence-corrected chi connectivity index (χ2v) is 26.9. The number of phosphoric acid groups is 1. The Morgan fingerprint density at radius 2 is 0.718 bits per heavy atom. The number of unbranched alkanes of at least 4 members (excludes halogenated alkanes) is 37. The third kappa shape index (κ3) is 65.5. The zero-order chi connectivity index (χ0) is 62.1. The van der Waals surface area contributed by atoms with E-state index in [2.05, 4.69) is 99.0 Å². The average Bonchev–Trinajstić information content (AvgIpc) is 3.64. The Labute approximate surface area is 526 Å². The molecule has 3 atom stereocenters. The summed E-state index contributed by atoms with van der Waals surface area (Å²) in [7, 11) is 1.49. The lowest BCUT2D eigenvalue weighted by molar-refractivity contribution is -0.870. The number of allylic oxidation sites excluding steroid dienone is 13. The predicted molar refractivity (Wildman–Crippen MR) is 369 cm³/mol. The van der Waals surface area contributed by atoms with Crippen molar-refractivity contribution in [1.29, 1.82) is 0 Å². The highest BCUT2D eigenvalue weighted by atomic mass is 31.2. The van der Waals surface area contributed by atoms with Crippen LogP contribution in [0.15, 0.2) is 85.1 Å². The van der Waals surface area contributed by atoms with Crippen LogP contribution in [-0.4, -0.2) is 74.3 Å². The molecule has 0 aromatic heterocycles. The monoisotopic (exact) mass is 1210 g/mol. The van der Waals surface area contributed by atoms with Crippen molar-refractivity contribution < 1.29 is 37.3 Å². The van der Waals surface area contributed by atoms with Crippen LogP contribution < -0.4 is 5.32 Å². The number of likely N-dealkylation sites (N-methyl/N-ethyl adjacent to an activating group) is 1. The molecule has 9 nitrogen and oxygen atoms in total. The molecule has 0 aliphatic rings. The van der Waals surface area contributed by atoms with Gasteiger partial charge in [0, 0.05) is 12.8 Å². The summed E-state index contributed by atoms with van der Waals surface area (Å²) in [6, 6.07) is -0.856. The fourth-order valence-corrected chi connectivity index (χ4v) is 11.0. The molecule has 0 saturated carbocycles. The van der Waals surface area contributed by atoms with Gasteiger partial charge >= 0.3 is 13.8 Å². The maximum atomic E-state index is 13.6. The van der Waals surface area contributed by atoms with E-state index in [1.165, 1.54) is 199 Å². The maximum Gasteiger partial charge on any atom is 0.472 e. The largest absolute Gasteiger partial charge is 0.472 e. The van der Waals surface area contributed by atoms with Gasteiger partial charge in [-0.1, -0.05) is 292 Å². The minimum Gasteiger partial charge on any atom is -0.456 e. The number of quaternary nitrogens is 1. The van der Waals surface area contributed by atoms with Crippen molar-refractivity contribution in [3.63, 3.8) is 0 Å². The van der Waals surface area contributed by atoms with Gasteiger partial charge in [0.15, 0.2) is 0 Å². The molecule has 85 heavy (non-hydrogen) atoms. The number of rotatable bonds is 65. The first kappa shape index (κ1) is 82.2. The summed E-state index contributed by atoms with van der Waals surface area (Å²) in [4.78, 5) is 37.9. The highest BCUT2D eigenvalue weighted by Crippen LogP contribution is 2.43. The minimum atomic E-state index is -4.46. The van der Waals surface area contributed by atoms with E-state index in [-0.39, 0.29) is 31.5 Å². The third-order valence-corrected chi connectivity index (χ3v) is 16.8. The molecule has 10 heteroatoms. The van der Waals surface area contributed by atoms with Crippen molar-refractivity contribution >= 4 is 19.7 Å². The lowest BCUT2D eigenvalue weighted by Gasteiger charge is -2.27. The van der Waals surface area contributed by atoms with E-state index < -0.39 is 20.0 Å². The number of amides is 1. The van der Waals surface area contributed by atoms with Crippen molar-refractivity contribution in [3.05, 3.63) is 85.1 Å². The van der Waals surface area contributed by atoms with E-state index in [1.807, 2.05) is 33.3 Å². The number of esters is 1. The highest BCUT2D eigenvalue weighted by Gasteiger charge is 2.30. The summed E-state index contributed by atoms with van der Waals surface area (Å²) in [6.45, 7) is 6.97. The molecule has 0 radical (unpaired) electrons. The molecule has 0 fully saturated rings. The van der Waals surface area contributed by atoms with Crippen LogP contribution in [0.25, 0.3) is 0 Å². The Morgan fingerprint density at radius 3 is 1.09 bits per heavy atom. The second kappa shape index (κ2) is 64.2. The predicted octanol–water partition coefficient (Wildman–Crippen LogP) is 22.9. The molecular formula is C75H138N2O7P+. The van der Waals surface area contributed by atoms with Crippen LogP contribution in [0.4, 0.5) is 0 Å². The lowest BCUT2D eigenvalue weighted by atomic mass is 10.0. The molecule has 0 aliphatic heterocycles. The topological polar surface area (TPSA) is 111 Å². The first-order chi connectivity index (χ1) is 41.4. The normalized spacial score (nSPS) is 14.0. The summed E-state index contributed by atoms with van der Waals surface area (Å²) in [5, 5.41) is 3.07. The van der Waals surface area contributed by atoms with Gasteiger partial charge in [-0.2, -0.15) is 0 Å². The van der Waals surface area contributed by atoms with Crippen molar-refractivity contribution in [2.45, 2.75) is 341 Å². The van der Waals surface area contributed by atoms with Crippen LogP contribution in [0.3, 0.4) is 0 Å². The van der Waals surface area contributed by atoms with Crippen molar-refractivity contribution in [2.24, 2.45) is 0 Å². The van der Waals surface area contributed by atoms with Crippen LogP contribution in [0, 0.1) is 0 Å². The standard InChI is InChI=1S/C75H137N2O7P/c1-7-10-13-16-19-22-25-27-29-31-33-35-36-37-38-39-40-42-43-45-47-49-52-55-58-61-64-67-74(78)76-72(71-83-85(80,81)82-70-69-77(4,5)6)73(66-63-60-57-54-51-24-21-18-15-12-9-3)84-75(79)68-65-62-59-56-53-50-48-46-44-41-34-32-30-28-26-23-20-17-14-11-8-2/h19-20,22-23,27-30,33-35,41,63,66,72-73H,7-18,21,24-26,31-32,36-40,42-62,64-65,67-71H2,1-6H3,(H-,76,78,80,81)/p+1/b22-19-,23-20-,29-27-,30-28-,35-33-,41-34-,66-63-. The van der Waals surface area contributed by atoms with Gasteiger partial charge in [-0.25, -0.2) is 4.57 Å². The number of nitrogens with one attached hydrogen (secondary N) is 1. The number of hydrogen-bond acceptors (Lipinski definition) is 6. The fourth-order valence-electron chi connectivity index (χ4n) is 10.2. The Balaban J connectivity index is 5.00. The van der Waals surface area contributed by atoms with Crippen LogP contribution >= 0.6 is 7.82 Å². The van der Waals surface area contributed by atoms with Crippen LogP contribution in [0.5, 0.6) is 0 Å². The van der Waals surface area contributed by atoms with E-state index in [0.29, 0.717) is 17.4 Å². The van der Waals surface area contributed by atoms with E-state index in [9.17, 15) is 19.0 Å².